The smallest absolute Gasteiger partial charge is 0.432 e. The van der Waals surface area contributed by atoms with Crippen molar-refractivity contribution in [2.24, 2.45) is 4.99 Å². The normalized spacial score (nSPS) is 14.0. The highest BCUT2D eigenvalue weighted by Gasteiger charge is 2.33. The number of halogens is 4. The first-order chi connectivity index (χ1) is 13.0. The highest BCUT2D eigenvalue weighted by molar-refractivity contribution is 6.14. The number of alkyl halides is 3. The summed E-state index contributed by atoms with van der Waals surface area (Å²) in [6, 6.07) is 2.95. The second kappa shape index (κ2) is 9.74. The van der Waals surface area contributed by atoms with E-state index in [0.717, 1.165) is 23.6 Å². The molecule has 0 saturated carbocycles. The van der Waals surface area contributed by atoms with E-state index in [1.807, 2.05) is 0 Å². The summed E-state index contributed by atoms with van der Waals surface area (Å²) in [6.07, 6.45) is -2.28. The molecule has 28 heavy (non-hydrogen) atoms. The summed E-state index contributed by atoms with van der Waals surface area (Å²) < 4.78 is 51.4. The Morgan fingerprint density at radius 3 is 2.57 bits per heavy atom. The van der Waals surface area contributed by atoms with Crippen LogP contribution in [0.3, 0.4) is 0 Å². The Labute approximate surface area is 158 Å². The maximum atomic E-state index is 13.3. The number of carbonyl (C=O) groups is 1. The van der Waals surface area contributed by atoms with Gasteiger partial charge in [0, 0.05) is 19.3 Å². The molecule has 0 amide bonds. The molecular weight excluding hydrogens is 382 g/mol. The Kier molecular flexibility index (Phi) is 7.99. The SMILES string of the molecule is C=CC(=NCC(C)N(C)N(C=N)/C=C(/C(=O)O)c1cccc(F)n1)C(F)(F)F. The van der Waals surface area contributed by atoms with E-state index >= 15 is 0 Å². The Morgan fingerprint density at radius 1 is 1.46 bits per heavy atom. The van der Waals surface area contributed by atoms with Crippen molar-refractivity contribution in [3.8, 4) is 0 Å². The summed E-state index contributed by atoms with van der Waals surface area (Å²) in [5.74, 6) is -2.30. The number of hydrogen-bond acceptors (Lipinski definition) is 5. The number of aromatic nitrogens is 1. The van der Waals surface area contributed by atoms with E-state index in [4.69, 9.17) is 5.41 Å². The van der Waals surface area contributed by atoms with Gasteiger partial charge in [0.25, 0.3) is 0 Å². The van der Waals surface area contributed by atoms with E-state index in [-0.39, 0.29) is 12.2 Å². The fourth-order valence-corrected chi connectivity index (χ4v) is 1.99. The van der Waals surface area contributed by atoms with Crippen molar-refractivity contribution < 1.29 is 27.5 Å². The van der Waals surface area contributed by atoms with Gasteiger partial charge in [0.1, 0.15) is 17.6 Å². The first kappa shape index (κ1) is 23.0. The average Bonchev–Trinajstić information content (AvgIpc) is 2.61. The highest BCUT2D eigenvalue weighted by atomic mass is 19.4. The zero-order valence-electron chi connectivity index (χ0n) is 15.1. The van der Waals surface area contributed by atoms with Crippen molar-refractivity contribution >= 4 is 23.6 Å². The molecule has 0 aliphatic rings. The number of aliphatic imine (C=N–C) groups is 1. The van der Waals surface area contributed by atoms with Crippen LogP contribution in [0.25, 0.3) is 5.57 Å². The molecule has 0 radical (unpaired) electrons. The molecular formula is C17H19F4N5O2. The van der Waals surface area contributed by atoms with Gasteiger partial charge in [-0.3, -0.25) is 15.4 Å². The number of carboxylic acid groups (broad SMARTS) is 1. The number of aliphatic carboxylic acids is 1. The van der Waals surface area contributed by atoms with E-state index in [1.54, 1.807) is 0 Å². The standard InChI is InChI=1S/C17H19F4N5O2/c1-4-14(17(19,20)21)23-8-11(2)25(3)26(10-22)9-12(16(27)28)13-6-5-7-15(18)24-13/h4-7,9-11,22H,1,8H2,2-3H3,(H,27,28)/b12-9+,22-10?,23-14?. The van der Waals surface area contributed by atoms with Gasteiger partial charge < -0.3 is 5.11 Å². The lowest BCUT2D eigenvalue weighted by Gasteiger charge is -2.31. The van der Waals surface area contributed by atoms with Crippen molar-refractivity contribution in [3.63, 3.8) is 0 Å². The molecule has 1 unspecified atom stereocenters. The third kappa shape index (κ3) is 6.27. The van der Waals surface area contributed by atoms with Crippen molar-refractivity contribution in [1.29, 1.82) is 5.41 Å². The van der Waals surface area contributed by atoms with Gasteiger partial charge in [0.05, 0.1) is 12.2 Å². The zero-order chi connectivity index (χ0) is 21.5. The molecule has 7 nitrogen and oxygen atoms in total. The molecule has 0 aliphatic carbocycles. The number of nitrogens with one attached hydrogen (secondary N) is 1. The molecule has 11 heteroatoms. The number of pyridine rings is 1. The second-order valence-corrected chi connectivity index (χ2v) is 5.55. The van der Waals surface area contributed by atoms with Crippen molar-refractivity contribution in [2.45, 2.75) is 19.1 Å². The molecule has 0 aliphatic heterocycles. The monoisotopic (exact) mass is 401 g/mol. The van der Waals surface area contributed by atoms with Gasteiger partial charge in [-0.15, -0.1) is 0 Å². The van der Waals surface area contributed by atoms with Gasteiger partial charge in [-0.2, -0.15) is 17.6 Å². The van der Waals surface area contributed by atoms with E-state index < -0.39 is 35.4 Å². The van der Waals surface area contributed by atoms with Crippen LogP contribution in [0.15, 0.2) is 42.0 Å². The van der Waals surface area contributed by atoms with Crippen LogP contribution in [0.5, 0.6) is 0 Å². The molecule has 1 aromatic heterocycles. The van der Waals surface area contributed by atoms with Gasteiger partial charge in [-0.1, -0.05) is 12.6 Å². The minimum Gasteiger partial charge on any atom is -0.478 e. The molecule has 0 bridgehead atoms. The number of hydrogen-bond donors (Lipinski definition) is 2. The van der Waals surface area contributed by atoms with Crippen LogP contribution >= 0.6 is 0 Å². The molecule has 1 aromatic rings. The fraction of sp³-hybridized carbons (Fsp3) is 0.294. The minimum absolute atomic E-state index is 0.176. The molecule has 0 fully saturated rings. The summed E-state index contributed by atoms with van der Waals surface area (Å²) in [5, 5.41) is 19.2. The molecule has 0 spiro atoms. The lowest BCUT2D eigenvalue weighted by molar-refractivity contribution is -0.130. The largest absolute Gasteiger partial charge is 0.478 e. The van der Waals surface area contributed by atoms with Gasteiger partial charge in [0.2, 0.25) is 5.95 Å². The maximum Gasteiger partial charge on any atom is 0.432 e. The number of nitrogens with zero attached hydrogens (tertiary/aromatic N) is 4. The van der Waals surface area contributed by atoms with Crippen LogP contribution in [0.4, 0.5) is 17.6 Å². The first-order valence-corrected chi connectivity index (χ1v) is 7.85. The lowest BCUT2D eigenvalue weighted by Crippen LogP contribution is -2.43. The predicted molar refractivity (Wildman–Crippen MR) is 96.2 cm³/mol. The topological polar surface area (TPSA) is 92.9 Å². The average molecular weight is 401 g/mol. The van der Waals surface area contributed by atoms with Crippen LogP contribution < -0.4 is 0 Å². The summed E-state index contributed by atoms with van der Waals surface area (Å²) in [6.45, 7) is 4.32. The minimum atomic E-state index is -4.64. The van der Waals surface area contributed by atoms with Crippen LogP contribution in [-0.4, -0.2) is 63.9 Å². The van der Waals surface area contributed by atoms with Gasteiger partial charge >= 0.3 is 12.1 Å². The molecule has 152 valence electrons. The van der Waals surface area contributed by atoms with Gasteiger partial charge in [0.15, 0.2) is 0 Å². The Morgan fingerprint density at radius 2 is 2.11 bits per heavy atom. The quantitative estimate of drug-likeness (QED) is 0.166. The molecule has 2 N–H and O–H groups in total. The van der Waals surface area contributed by atoms with Crippen LogP contribution in [0.2, 0.25) is 0 Å². The third-order valence-corrected chi connectivity index (χ3v) is 3.63. The summed E-state index contributed by atoms with van der Waals surface area (Å²) >= 11 is 0. The Hall–Kier alpha value is -3.08. The van der Waals surface area contributed by atoms with Crippen molar-refractivity contribution in [1.82, 2.24) is 15.0 Å². The summed E-state index contributed by atoms with van der Waals surface area (Å²) in [5.41, 5.74) is -1.73. The van der Waals surface area contributed by atoms with Crippen LogP contribution in [0, 0.1) is 11.4 Å². The maximum absolute atomic E-state index is 13.3. The third-order valence-electron chi connectivity index (χ3n) is 3.63. The van der Waals surface area contributed by atoms with Crippen molar-refractivity contribution in [3.05, 3.63) is 48.7 Å². The molecule has 0 saturated heterocycles. The van der Waals surface area contributed by atoms with Gasteiger partial charge in [-0.05, 0) is 25.1 Å². The van der Waals surface area contributed by atoms with E-state index in [9.17, 15) is 27.5 Å². The number of carboxylic acids is 1. The van der Waals surface area contributed by atoms with E-state index in [1.165, 1.54) is 31.1 Å². The van der Waals surface area contributed by atoms with Crippen LogP contribution in [-0.2, 0) is 4.79 Å². The van der Waals surface area contributed by atoms with Crippen LogP contribution in [0.1, 0.15) is 12.6 Å². The Bertz CT molecular complexity index is 792. The number of hydrazine groups is 1. The number of allylic oxidation sites excluding steroid dienone is 1. The first-order valence-electron chi connectivity index (χ1n) is 7.85. The summed E-state index contributed by atoms with van der Waals surface area (Å²) in [4.78, 5) is 18.5. The molecule has 0 aromatic carbocycles. The molecule has 1 atom stereocenters. The lowest BCUT2D eigenvalue weighted by atomic mass is 10.2. The fourth-order valence-electron chi connectivity index (χ4n) is 1.99. The predicted octanol–water partition coefficient (Wildman–Crippen LogP) is 2.98. The van der Waals surface area contributed by atoms with E-state index in [0.29, 0.717) is 6.08 Å². The molecule has 1 heterocycles. The van der Waals surface area contributed by atoms with Gasteiger partial charge in [-0.25, -0.2) is 14.8 Å². The number of rotatable bonds is 9. The zero-order valence-corrected chi connectivity index (χ0v) is 15.1. The van der Waals surface area contributed by atoms with E-state index in [2.05, 4.69) is 16.6 Å². The summed E-state index contributed by atoms with van der Waals surface area (Å²) in [7, 11) is 1.43. The highest BCUT2D eigenvalue weighted by Crippen LogP contribution is 2.19. The van der Waals surface area contributed by atoms with Crippen molar-refractivity contribution in [2.75, 3.05) is 13.6 Å². The molecule has 1 rings (SSSR count). The number of likely N-dealkylation sites (N-methyl/N-ethyl adjacent to an activating group) is 1. The Balaban J connectivity index is 3.11. The second-order valence-electron chi connectivity index (χ2n) is 5.55.